The quantitative estimate of drug-likeness (QED) is 0.701. The van der Waals surface area contributed by atoms with Crippen molar-refractivity contribution in [3.05, 3.63) is 0 Å². The Bertz CT molecular complexity index is 263. The van der Waals surface area contributed by atoms with Gasteiger partial charge in [0.1, 0.15) is 0 Å². The van der Waals surface area contributed by atoms with Crippen LogP contribution in [0.2, 0.25) is 0 Å². The van der Waals surface area contributed by atoms with Gasteiger partial charge in [0.15, 0.2) is 0 Å². The SMILES string of the molecule is CCN1CCN(C(=O)C2(N)CC2)CC1C. The second-order valence-electron chi connectivity index (χ2n) is 4.88. The van der Waals surface area contributed by atoms with Crippen LogP contribution in [0.3, 0.4) is 0 Å². The fourth-order valence-electron chi connectivity index (χ4n) is 2.31. The van der Waals surface area contributed by atoms with Crippen LogP contribution < -0.4 is 5.73 Å². The lowest BCUT2D eigenvalue weighted by molar-refractivity contribution is -0.136. The molecule has 0 aromatic heterocycles. The van der Waals surface area contributed by atoms with Crippen molar-refractivity contribution in [2.24, 2.45) is 5.73 Å². The van der Waals surface area contributed by atoms with Gasteiger partial charge in [0.25, 0.3) is 0 Å². The van der Waals surface area contributed by atoms with Crippen molar-refractivity contribution in [3.63, 3.8) is 0 Å². The Morgan fingerprint density at radius 1 is 1.47 bits per heavy atom. The van der Waals surface area contributed by atoms with Crippen LogP contribution in [0, 0.1) is 0 Å². The molecule has 0 radical (unpaired) electrons. The van der Waals surface area contributed by atoms with E-state index < -0.39 is 5.54 Å². The summed E-state index contributed by atoms with van der Waals surface area (Å²) in [6.45, 7) is 8.08. The number of piperazine rings is 1. The molecule has 2 fully saturated rings. The highest BCUT2D eigenvalue weighted by Gasteiger charge is 2.48. The standard InChI is InChI=1S/C11H21N3O/c1-3-13-6-7-14(8-9(13)2)10(15)11(12)4-5-11/h9H,3-8,12H2,1-2H3. The Balaban J connectivity index is 1.93. The molecule has 2 aliphatic rings. The lowest BCUT2D eigenvalue weighted by atomic mass is 10.1. The second-order valence-corrected chi connectivity index (χ2v) is 4.88. The maximum Gasteiger partial charge on any atom is 0.242 e. The molecule has 1 aliphatic carbocycles. The van der Waals surface area contributed by atoms with E-state index in [-0.39, 0.29) is 5.91 Å². The van der Waals surface area contributed by atoms with Crippen LogP contribution in [-0.2, 0) is 4.79 Å². The molecule has 2 rings (SSSR count). The van der Waals surface area contributed by atoms with E-state index in [1.807, 2.05) is 4.90 Å². The Morgan fingerprint density at radius 2 is 2.13 bits per heavy atom. The van der Waals surface area contributed by atoms with Crippen molar-refractivity contribution >= 4 is 5.91 Å². The van der Waals surface area contributed by atoms with Crippen LogP contribution in [0.1, 0.15) is 26.7 Å². The first kappa shape index (κ1) is 10.9. The highest BCUT2D eigenvalue weighted by molar-refractivity contribution is 5.89. The summed E-state index contributed by atoms with van der Waals surface area (Å²) in [4.78, 5) is 16.4. The zero-order valence-electron chi connectivity index (χ0n) is 9.70. The Labute approximate surface area is 91.4 Å². The number of amides is 1. The molecule has 2 N–H and O–H groups in total. The summed E-state index contributed by atoms with van der Waals surface area (Å²) >= 11 is 0. The van der Waals surface area contributed by atoms with Crippen molar-refractivity contribution in [1.82, 2.24) is 9.80 Å². The van der Waals surface area contributed by atoms with Gasteiger partial charge in [-0.2, -0.15) is 0 Å². The Morgan fingerprint density at radius 3 is 2.60 bits per heavy atom. The van der Waals surface area contributed by atoms with Crippen LogP contribution >= 0.6 is 0 Å². The normalized spacial score (nSPS) is 30.3. The molecule has 0 bridgehead atoms. The molecule has 1 heterocycles. The van der Waals surface area contributed by atoms with E-state index in [9.17, 15) is 4.79 Å². The fraction of sp³-hybridized carbons (Fsp3) is 0.909. The number of nitrogens with two attached hydrogens (primary N) is 1. The molecule has 1 saturated carbocycles. The van der Waals surface area contributed by atoms with Crippen molar-refractivity contribution in [2.75, 3.05) is 26.2 Å². The van der Waals surface area contributed by atoms with Gasteiger partial charge in [0.05, 0.1) is 5.54 Å². The van der Waals surface area contributed by atoms with E-state index in [1.54, 1.807) is 0 Å². The highest BCUT2D eigenvalue weighted by Crippen LogP contribution is 2.34. The Kier molecular flexibility index (Phi) is 2.73. The molecule has 0 aromatic rings. The van der Waals surface area contributed by atoms with Gasteiger partial charge in [-0.3, -0.25) is 9.69 Å². The number of nitrogens with zero attached hydrogens (tertiary/aromatic N) is 2. The van der Waals surface area contributed by atoms with Crippen molar-refractivity contribution in [1.29, 1.82) is 0 Å². The van der Waals surface area contributed by atoms with E-state index in [0.29, 0.717) is 6.04 Å². The summed E-state index contributed by atoms with van der Waals surface area (Å²) in [5.41, 5.74) is 5.44. The zero-order valence-corrected chi connectivity index (χ0v) is 9.70. The third-order valence-electron chi connectivity index (χ3n) is 3.67. The maximum absolute atomic E-state index is 12.0. The number of hydrogen-bond acceptors (Lipinski definition) is 3. The van der Waals surface area contributed by atoms with Crippen LogP contribution in [0.5, 0.6) is 0 Å². The van der Waals surface area contributed by atoms with Crippen LogP contribution in [-0.4, -0.2) is 53.5 Å². The second kappa shape index (κ2) is 3.76. The van der Waals surface area contributed by atoms with Gasteiger partial charge in [-0.15, -0.1) is 0 Å². The summed E-state index contributed by atoms with van der Waals surface area (Å²) < 4.78 is 0. The van der Waals surface area contributed by atoms with Crippen molar-refractivity contribution in [3.8, 4) is 0 Å². The van der Waals surface area contributed by atoms with Crippen LogP contribution in [0.15, 0.2) is 0 Å². The third-order valence-corrected chi connectivity index (χ3v) is 3.67. The van der Waals surface area contributed by atoms with E-state index in [0.717, 1.165) is 39.0 Å². The number of carbonyl (C=O) groups excluding carboxylic acids is 1. The van der Waals surface area contributed by atoms with Gasteiger partial charge in [0, 0.05) is 25.7 Å². The third kappa shape index (κ3) is 2.01. The average Bonchev–Trinajstić information content (AvgIpc) is 2.96. The predicted molar refractivity (Wildman–Crippen MR) is 59.4 cm³/mol. The number of carbonyl (C=O) groups is 1. The molecular weight excluding hydrogens is 190 g/mol. The Hall–Kier alpha value is -0.610. The molecule has 86 valence electrons. The van der Waals surface area contributed by atoms with Gasteiger partial charge < -0.3 is 10.6 Å². The summed E-state index contributed by atoms with van der Waals surface area (Å²) in [6.07, 6.45) is 1.74. The number of hydrogen-bond donors (Lipinski definition) is 1. The van der Waals surface area contributed by atoms with E-state index >= 15 is 0 Å². The molecule has 1 atom stereocenters. The van der Waals surface area contributed by atoms with E-state index in [4.69, 9.17) is 5.73 Å². The number of rotatable bonds is 2. The molecule has 1 saturated heterocycles. The minimum Gasteiger partial charge on any atom is -0.338 e. The lowest BCUT2D eigenvalue weighted by Crippen LogP contribution is -2.57. The highest BCUT2D eigenvalue weighted by atomic mass is 16.2. The molecular formula is C11H21N3O. The average molecular weight is 211 g/mol. The lowest BCUT2D eigenvalue weighted by Gasteiger charge is -2.40. The summed E-state index contributed by atoms with van der Waals surface area (Å²) in [6, 6.07) is 0.468. The van der Waals surface area contributed by atoms with Crippen LogP contribution in [0.25, 0.3) is 0 Å². The van der Waals surface area contributed by atoms with E-state index in [2.05, 4.69) is 18.7 Å². The van der Waals surface area contributed by atoms with Gasteiger partial charge in [-0.25, -0.2) is 0 Å². The predicted octanol–water partition coefficient (Wildman–Crippen LogP) is 0.0303. The molecule has 1 amide bonds. The van der Waals surface area contributed by atoms with Gasteiger partial charge >= 0.3 is 0 Å². The minimum absolute atomic E-state index is 0.171. The van der Waals surface area contributed by atoms with Gasteiger partial charge in [0.2, 0.25) is 5.91 Å². The first-order valence-corrected chi connectivity index (χ1v) is 5.89. The topological polar surface area (TPSA) is 49.6 Å². The first-order chi connectivity index (χ1) is 7.07. The molecule has 1 unspecified atom stereocenters. The molecule has 15 heavy (non-hydrogen) atoms. The van der Waals surface area contributed by atoms with Crippen molar-refractivity contribution < 1.29 is 4.79 Å². The van der Waals surface area contributed by atoms with Gasteiger partial charge in [-0.05, 0) is 26.3 Å². The molecule has 4 heteroatoms. The summed E-state index contributed by atoms with van der Waals surface area (Å²) in [7, 11) is 0. The summed E-state index contributed by atoms with van der Waals surface area (Å²) in [5.74, 6) is 0.171. The molecule has 0 spiro atoms. The fourth-order valence-corrected chi connectivity index (χ4v) is 2.31. The largest absolute Gasteiger partial charge is 0.338 e. The minimum atomic E-state index is -0.492. The number of likely N-dealkylation sites (N-methyl/N-ethyl adjacent to an activating group) is 1. The summed E-state index contributed by atoms with van der Waals surface area (Å²) in [5, 5.41) is 0. The van der Waals surface area contributed by atoms with Crippen molar-refractivity contribution in [2.45, 2.75) is 38.3 Å². The van der Waals surface area contributed by atoms with E-state index in [1.165, 1.54) is 0 Å². The maximum atomic E-state index is 12.0. The first-order valence-electron chi connectivity index (χ1n) is 5.89. The smallest absolute Gasteiger partial charge is 0.242 e. The molecule has 1 aliphatic heterocycles. The monoisotopic (exact) mass is 211 g/mol. The molecule has 0 aromatic carbocycles. The zero-order chi connectivity index (χ0) is 11.1. The van der Waals surface area contributed by atoms with Crippen LogP contribution in [0.4, 0.5) is 0 Å². The van der Waals surface area contributed by atoms with Gasteiger partial charge in [-0.1, -0.05) is 6.92 Å². The molecule has 4 nitrogen and oxygen atoms in total.